The van der Waals surface area contributed by atoms with E-state index in [0.717, 1.165) is 13.1 Å². The highest BCUT2D eigenvalue weighted by Gasteiger charge is 2.11. The molecular weight excluding hydrogens is 232 g/mol. The Morgan fingerprint density at radius 1 is 1.11 bits per heavy atom. The predicted octanol–water partition coefficient (Wildman–Crippen LogP) is 3.59. The molecule has 1 unspecified atom stereocenters. The van der Waals surface area contributed by atoms with Crippen LogP contribution in [0.2, 0.25) is 0 Å². The maximum absolute atomic E-state index is 3.65. The number of hydrogen-bond acceptors (Lipinski definition) is 2. The molecule has 0 fully saturated rings. The first-order chi connectivity index (χ1) is 9.06. The lowest BCUT2D eigenvalue weighted by molar-refractivity contribution is 0.235. The van der Waals surface area contributed by atoms with Crippen LogP contribution >= 0.6 is 0 Å². The number of rotatable bonds is 8. The average Bonchev–Trinajstić information content (AvgIpc) is 2.42. The number of hydrogen-bond donors (Lipinski definition) is 1. The molecule has 0 saturated heterocycles. The summed E-state index contributed by atoms with van der Waals surface area (Å²) in [6, 6.07) is 10.1. The Morgan fingerprint density at radius 2 is 1.68 bits per heavy atom. The molecule has 0 aliphatic carbocycles. The van der Waals surface area contributed by atoms with Gasteiger partial charge in [0.05, 0.1) is 0 Å². The molecule has 0 radical (unpaired) electrons. The van der Waals surface area contributed by atoms with Crippen molar-refractivity contribution in [1.29, 1.82) is 0 Å². The van der Waals surface area contributed by atoms with Crippen LogP contribution in [0.5, 0.6) is 0 Å². The molecule has 0 aromatic heterocycles. The van der Waals surface area contributed by atoms with E-state index in [1.54, 1.807) is 0 Å². The first-order valence-corrected chi connectivity index (χ1v) is 7.56. The van der Waals surface area contributed by atoms with Gasteiger partial charge in [0.15, 0.2) is 0 Å². The van der Waals surface area contributed by atoms with Crippen LogP contribution in [-0.2, 0) is 6.54 Å². The van der Waals surface area contributed by atoms with E-state index < -0.39 is 0 Å². The van der Waals surface area contributed by atoms with Gasteiger partial charge >= 0.3 is 0 Å². The van der Waals surface area contributed by atoms with E-state index in [1.807, 2.05) is 0 Å². The van der Waals surface area contributed by atoms with Crippen LogP contribution in [0.4, 0.5) is 0 Å². The molecule has 1 aromatic rings. The molecule has 1 rings (SSSR count). The SMILES string of the molecule is CCC(CC)NCC(C)N(C)Cc1ccc(C)cc1. The molecule has 19 heavy (non-hydrogen) atoms. The van der Waals surface area contributed by atoms with E-state index in [9.17, 15) is 0 Å². The van der Waals surface area contributed by atoms with Crippen molar-refractivity contribution in [3.05, 3.63) is 35.4 Å². The van der Waals surface area contributed by atoms with Gasteiger partial charge in [-0.15, -0.1) is 0 Å². The smallest absolute Gasteiger partial charge is 0.0234 e. The normalized spacial score (nSPS) is 13.2. The highest BCUT2D eigenvalue weighted by Crippen LogP contribution is 2.08. The van der Waals surface area contributed by atoms with Crippen LogP contribution in [0.15, 0.2) is 24.3 Å². The van der Waals surface area contributed by atoms with Crippen molar-refractivity contribution in [3.8, 4) is 0 Å². The van der Waals surface area contributed by atoms with E-state index in [4.69, 9.17) is 0 Å². The quantitative estimate of drug-likeness (QED) is 0.770. The third-order valence-corrected chi connectivity index (χ3v) is 3.99. The average molecular weight is 262 g/mol. The monoisotopic (exact) mass is 262 g/mol. The molecule has 1 N–H and O–H groups in total. The van der Waals surface area contributed by atoms with Crippen molar-refractivity contribution in [2.75, 3.05) is 13.6 Å². The van der Waals surface area contributed by atoms with Crippen LogP contribution in [0.3, 0.4) is 0 Å². The van der Waals surface area contributed by atoms with Gasteiger partial charge in [-0.2, -0.15) is 0 Å². The molecule has 0 aliphatic rings. The van der Waals surface area contributed by atoms with E-state index in [1.165, 1.54) is 24.0 Å². The van der Waals surface area contributed by atoms with Gasteiger partial charge in [-0.05, 0) is 39.3 Å². The Balaban J connectivity index is 2.39. The molecular formula is C17H30N2. The fraction of sp³-hybridized carbons (Fsp3) is 0.647. The Kier molecular flexibility index (Phi) is 7.11. The summed E-state index contributed by atoms with van der Waals surface area (Å²) in [7, 11) is 2.21. The van der Waals surface area contributed by atoms with Gasteiger partial charge in [-0.1, -0.05) is 43.7 Å². The third-order valence-electron chi connectivity index (χ3n) is 3.99. The van der Waals surface area contributed by atoms with Crippen LogP contribution in [0, 0.1) is 6.92 Å². The van der Waals surface area contributed by atoms with E-state index in [2.05, 4.69) is 69.2 Å². The molecule has 2 nitrogen and oxygen atoms in total. The minimum absolute atomic E-state index is 0.557. The van der Waals surface area contributed by atoms with Gasteiger partial charge in [0.25, 0.3) is 0 Å². The van der Waals surface area contributed by atoms with Crippen molar-refractivity contribution >= 4 is 0 Å². The number of aryl methyl sites for hydroxylation is 1. The van der Waals surface area contributed by atoms with Gasteiger partial charge in [-0.25, -0.2) is 0 Å². The lowest BCUT2D eigenvalue weighted by Crippen LogP contribution is -2.41. The fourth-order valence-electron chi connectivity index (χ4n) is 2.21. The maximum Gasteiger partial charge on any atom is 0.0234 e. The molecule has 0 spiro atoms. The summed E-state index contributed by atoms with van der Waals surface area (Å²) in [5.74, 6) is 0. The highest BCUT2D eigenvalue weighted by atomic mass is 15.1. The Bertz CT molecular complexity index is 341. The van der Waals surface area contributed by atoms with Crippen LogP contribution in [0.1, 0.15) is 44.7 Å². The Labute approximate surface area is 119 Å². The lowest BCUT2D eigenvalue weighted by Gasteiger charge is -2.27. The number of benzene rings is 1. The third kappa shape index (κ3) is 5.75. The molecule has 2 heteroatoms. The molecule has 0 saturated carbocycles. The number of nitrogens with zero attached hydrogens (tertiary/aromatic N) is 1. The van der Waals surface area contributed by atoms with Gasteiger partial charge in [0.2, 0.25) is 0 Å². The minimum Gasteiger partial charge on any atom is -0.312 e. The van der Waals surface area contributed by atoms with Gasteiger partial charge in [-0.3, -0.25) is 4.90 Å². The predicted molar refractivity (Wildman–Crippen MR) is 84.5 cm³/mol. The second-order valence-electron chi connectivity index (χ2n) is 5.67. The molecule has 108 valence electrons. The second-order valence-corrected chi connectivity index (χ2v) is 5.67. The summed E-state index contributed by atoms with van der Waals surface area (Å²) < 4.78 is 0. The lowest BCUT2D eigenvalue weighted by atomic mass is 10.1. The topological polar surface area (TPSA) is 15.3 Å². The first kappa shape index (κ1) is 16.2. The summed E-state index contributed by atoms with van der Waals surface area (Å²) in [6.07, 6.45) is 2.43. The zero-order chi connectivity index (χ0) is 14.3. The van der Waals surface area contributed by atoms with Crippen LogP contribution < -0.4 is 5.32 Å². The standard InChI is InChI=1S/C17H30N2/c1-6-17(7-2)18-12-15(4)19(5)13-16-10-8-14(3)9-11-16/h8-11,15,17-18H,6-7,12-13H2,1-5H3. The van der Waals surface area contributed by atoms with Gasteiger partial charge in [0.1, 0.15) is 0 Å². The highest BCUT2D eigenvalue weighted by molar-refractivity contribution is 5.21. The summed E-state index contributed by atoms with van der Waals surface area (Å²) in [6.45, 7) is 11.0. The van der Waals surface area contributed by atoms with E-state index >= 15 is 0 Å². The van der Waals surface area contributed by atoms with Crippen molar-refractivity contribution in [2.24, 2.45) is 0 Å². The first-order valence-electron chi connectivity index (χ1n) is 7.56. The molecule has 1 atom stereocenters. The molecule has 0 bridgehead atoms. The second kappa shape index (κ2) is 8.34. The zero-order valence-electron chi connectivity index (χ0n) is 13.2. The zero-order valence-corrected chi connectivity index (χ0v) is 13.2. The van der Waals surface area contributed by atoms with Crippen molar-refractivity contribution in [1.82, 2.24) is 10.2 Å². The molecule has 0 heterocycles. The van der Waals surface area contributed by atoms with Crippen molar-refractivity contribution < 1.29 is 0 Å². The largest absolute Gasteiger partial charge is 0.312 e. The maximum atomic E-state index is 3.65. The van der Waals surface area contributed by atoms with Crippen LogP contribution in [0.25, 0.3) is 0 Å². The summed E-state index contributed by atoms with van der Waals surface area (Å²) in [4.78, 5) is 2.42. The minimum atomic E-state index is 0.557. The Morgan fingerprint density at radius 3 is 2.21 bits per heavy atom. The van der Waals surface area contributed by atoms with Crippen molar-refractivity contribution in [3.63, 3.8) is 0 Å². The summed E-state index contributed by atoms with van der Waals surface area (Å²) in [5, 5.41) is 3.65. The summed E-state index contributed by atoms with van der Waals surface area (Å²) in [5.41, 5.74) is 2.72. The number of nitrogens with one attached hydrogen (secondary N) is 1. The van der Waals surface area contributed by atoms with E-state index in [0.29, 0.717) is 12.1 Å². The fourth-order valence-corrected chi connectivity index (χ4v) is 2.21. The van der Waals surface area contributed by atoms with Crippen molar-refractivity contribution in [2.45, 2.75) is 59.2 Å². The van der Waals surface area contributed by atoms with Gasteiger partial charge in [0, 0.05) is 25.2 Å². The van der Waals surface area contributed by atoms with E-state index in [-0.39, 0.29) is 0 Å². The Hall–Kier alpha value is -0.860. The van der Waals surface area contributed by atoms with Gasteiger partial charge < -0.3 is 5.32 Å². The molecule has 0 amide bonds. The number of likely N-dealkylation sites (N-methyl/N-ethyl adjacent to an activating group) is 1. The molecule has 1 aromatic carbocycles. The van der Waals surface area contributed by atoms with Crippen LogP contribution in [-0.4, -0.2) is 30.6 Å². The summed E-state index contributed by atoms with van der Waals surface area (Å²) >= 11 is 0. The molecule has 0 aliphatic heterocycles.